The van der Waals surface area contributed by atoms with Crippen LogP contribution in [0.1, 0.15) is 23.6 Å². The molecule has 1 aliphatic carbocycles. The van der Waals surface area contributed by atoms with Crippen LogP contribution in [0.25, 0.3) is 0 Å². The highest BCUT2D eigenvalue weighted by Gasteiger charge is 2.33. The van der Waals surface area contributed by atoms with E-state index in [0.29, 0.717) is 4.47 Å². The van der Waals surface area contributed by atoms with Gasteiger partial charge in [-0.25, -0.2) is 8.42 Å². The van der Waals surface area contributed by atoms with Gasteiger partial charge in [0.2, 0.25) is 10.0 Å². The second-order valence-corrected chi connectivity index (χ2v) is 8.03. The number of aromatic nitrogens is 1. The summed E-state index contributed by atoms with van der Waals surface area (Å²) in [5, 5.41) is 0. The van der Waals surface area contributed by atoms with Crippen molar-refractivity contribution in [3.63, 3.8) is 0 Å². The lowest BCUT2D eigenvalue weighted by Crippen LogP contribution is -2.30. The van der Waals surface area contributed by atoms with Crippen molar-refractivity contribution in [1.29, 1.82) is 0 Å². The van der Waals surface area contributed by atoms with Gasteiger partial charge < -0.3 is 0 Å². The molecular weight excluding hydrogens is 352 g/mol. The summed E-state index contributed by atoms with van der Waals surface area (Å²) in [4.78, 5) is 4.16. The van der Waals surface area contributed by atoms with Crippen molar-refractivity contribution in [2.24, 2.45) is 0 Å². The maximum atomic E-state index is 12.7. The van der Waals surface area contributed by atoms with Gasteiger partial charge in [-0.15, -0.1) is 0 Å². The number of halogens is 1. The zero-order valence-electron chi connectivity index (χ0n) is 11.5. The third-order valence-corrected chi connectivity index (χ3v) is 6.16. The van der Waals surface area contributed by atoms with Crippen molar-refractivity contribution in [2.75, 3.05) is 7.05 Å². The second-order valence-electron chi connectivity index (χ2n) is 5.11. The monoisotopic (exact) mass is 366 g/mol. The predicted octanol–water partition coefficient (Wildman–Crippen LogP) is 3.15. The Balaban J connectivity index is 1.97. The molecule has 0 amide bonds. The van der Waals surface area contributed by atoms with Gasteiger partial charge in [0.15, 0.2) is 0 Å². The van der Waals surface area contributed by atoms with E-state index < -0.39 is 10.0 Å². The first kappa shape index (κ1) is 14.7. The molecule has 0 saturated heterocycles. The average Bonchev–Trinajstić information content (AvgIpc) is 2.90. The molecule has 1 unspecified atom stereocenters. The lowest BCUT2D eigenvalue weighted by molar-refractivity contribution is 0.374. The van der Waals surface area contributed by atoms with Crippen LogP contribution in [-0.2, 0) is 16.4 Å². The molecule has 2 aromatic rings. The van der Waals surface area contributed by atoms with Crippen LogP contribution in [0, 0.1) is 0 Å². The van der Waals surface area contributed by atoms with Gasteiger partial charge in [-0.3, -0.25) is 4.98 Å². The topological polar surface area (TPSA) is 50.3 Å². The Bertz CT molecular complexity index is 777. The largest absolute Gasteiger partial charge is 0.262 e. The normalized spacial score (nSPS) is 18.0. The third-order valence-electron chi connectivity index (χ3n) is 3.90. The van der Waals surface area contributed by atoms with E-state index in [-0.39, 0.29) is 10.9 Å². The van der Waals surface area contributed by atoms with Crippen LogP contribution < -0.4 is 0 Å². The fourth-order valence-electron chi connectivity index (χ4n) is 2.78. The van der Waals surface area contributed by atoms with Crippen LogP contribution in [0.5, 0.6) is 0 Å². The molecule has 0 radical (unpaired) electrons. The molecule has 1 aromatic carbocycles. The van der Waals surface area contributed by atoms with Crippen LogP contribution in [0.4, 0.5) is 0 Å². The van der Waals surface area contributed by atoms with Crippen molar-refractivity contribution in [1.82, 2.24) is 9.29 Å². The van der Waals surface area contributed by atoms with E-state index in [1.54, 1.807) is 19.3 Å². The standard InChI is InChI=1S/C15H15BrN2O2S/c1-18(15-7-6-11-4-2-3-5-14(11)15)21(19,20)13-8-12(16)9-17-10-13/h2-5,8-10,15H,6-7H2,1H3. The van der Waals surface area contributed by atoms with Crippen molar-refractivity contribution in [3.05, 3.63) is 58.3 Å². The first-order chi connectivity index (χ1) is 10.00. The molecule has 0 saturated carbocycles. The van der Waals surface area contributed by atoms with E-state index in [4.69, 9.17) is 0 Å². The van der Waals surface area contributed by atoms with Crippen LogP contribution in [-0.4, -0.2) is 24.8 Å². The molecule has 3 rings (SSSR count). The minimum Gasteiger partial charge on any atom is -0.262 e. The molecule has 0 bridgehead atoms. The van der Waals surface area contributed by atoms with Crippen LogP contribution >= 0.6 is 15.9 Å². The van der Waals surface area contributed by atoms with Gasteiger partial charge in [0.05, 0.1) is 6.04 Å². The highest BCUT2D eigenvalue weighted by Crippen LogP contribution is 2.37. The highest BCUT2D eigenvalue weighted by molar-refractivity contribution is 9.10. The fourth-order valence-corrected chi connectivity index (χ4v) is 4.65. The average molecular weight is 367 g/mol. The molecule has 1 aliphatic rings. The number of rotatable bonds is 3. The molecule has 0 aliphatic heterocycles. The van der Waals surface area contributed by atoms with Gasteiger partial charge >= 0.3 is 0 Å². The summed E-state index contributed by atoms with van der Waals surface area (Å²) in [6, 6.07) is 9.51. The molecule has 6 heteroatoms. The number of nitrogens with zero attached hydrogens (tertiary/aromatic N) is 2. The molecule has 0 spiro atoms. The Morgan fingerprint density at radius 3 is 2.81 bits per heavy atom. The van der Waals surface area contributed by atoms with E-state index >= 15 is 0 Å². The molecular formula is C15H15BrN2O2S. The minimum absolute atomic E-state index is 0.106. The lowest BCUT2D eigenvalue weighted by atomic mass is 10.1. The van der Waals surface area contributed by atoms with Gasteiger partial charge in [-0.2, -0.15) is 4.31 Å². The predicted molar refractivity (Wildman–Crippen MR) is 84.4 cm³/mol. The van der Waals surface area contributed by atoms with Crippen LogP contribution in [0.3, 0.4) is 0 Å². The second kappa shape index (κ2) is 5.51. The summed E-state index contributed by atoms with van der Waals surface area (Å²) in [6.07, 6.45) is 4.69. The quantitative estimate of drug-likeness (QED) is 0.838. The first-order valence-electron chi connectivity index (χ1n) is 6.66. The van der Waals surface area contributed by atoms with Gasteiger partial charge in [-0.1, -0.05) is 24.3 Å². The molecule has 1 aromatic heterocycles. The summed E-state index contributed by atoms with van der Waals surface area (Å²) in [6.45, 7) is 0. The zero-order chi connectivity index (χ0) is 15.0. The van der Waals surface area contributed by atoms with Gasteiger partial charge in [-0.05, 0) is 46.0 Å². The Morgan fingerprint density at radius 1 is 1.29 bits per heavy atom. The number of hydrogen-bond donors (Lipinski definition) is 0. The highest BCUT2D eigenvalue weighted by atomic mass is 79.9. The fraction of sp³-hybridized carbons (Fsp3) is 0.267. The molecule has 1 heterocycles. The molecule has 21 heavy (non-hydrogen) atoms. The zero-order valence-corrected chi connectivity index (χ0v) is 13.9. The summed E-state index contributed by atoms with van der Waals surface area (Å²) in [5.41, 5.74) is 2.34. The van der Waals surface area contributed by atoms with E-state index in [9.17, 15) is 8.42 Å². The van der Waals surface area contributed by atoms with Crippen molar-refractivity contribution in [3.8, 4) is 0 Å². The first-order valence-corrected chi connectivity index (χ1v) is 8.90. The van der Waals surface area contributed by atoms with Gasteiger partial charge in [0.1, 0.15) is 4.90 Å². The van der Waals surface area contributed by atoms with E-state index in [1.807, 2.05) is 18.2 Å². The molecule has 0 N–H and O–H groups in total. The SMILES string of the molecule is CN(C1CCc2ccccc21)S(=O)(=O)c1cncc(Br)c1. The van der Waals surface area contributed by atoms with Crippen molar-refractivity contribution in [2.45, 2.75) is 23.8 Å². The number of sulfonamides is 1. The minimum atomic E-state index is -3.55. The molecule has 110 valence electrons. The Hall–Kier alpha value is -1.24. The van der Waals surface area contributed by atoms with Gasteiger partial charge in [0, 0.05) is 23.9 Å². The molecule has 1 atom stereocenters. The molecule has 4 nitrogen and oxygen atoms in total. The third kappa shape index (κ3) is 2.63. The van der Waals surface area contributed by atoms with E-state index in [2.05, 4.69) is 27.0 Å². The summed E-state index contributed by atoms with van der Waals surface area (Å²) < 4.78 is 27.6. The summed E-state index contributed by atoms with van der Waals surface area (Å²) in [5.74, 6) is 0. The number of pyridine rings is 1. The van der Waals surface area contributed by atoms with Crippen LogP contribution in [0.2, 0.25) is 0 Å². The maximum Gasteiger partial charge on any atom is 0.244 e. The van der Waals surface area contributed by atoms with E-state index in [1.165, 1.54) is 16.1 Å². The Morgan fingerprint density at radius 2 is 2.05 bits per heavy atom. The smallest absolute Gasteiger partial charge is 0.244 e. The summed E-state index contributed by atoms with van der Waals surface area (Å²) >= 11 is 3.27. The molecule has 0 fully saturated rings. The number of aryl methyl sites for hydroxylation is 1. The van der Waals surface area contributed by atoms with Crippen molar-refractivity contribution < 1.29 is 8.42 Å². The number of benzene rings is 1. The number of hydrogen-bond acceptors (Lipinski definition) is 3. The Labute approximate surface area is 133 Å². The summed E-state index contributed by atoms with van der Waals surface area (Å²) in [7, 11) is -1.90. The van der Waals surface area contributed by atoms with Crippen molar-refractivity contribution >= 4 is 26.0 Å². The lowest BCUT2D eigenvalue weighted by Gasteiger charge is -2.24. The van der Waals surface area contributed by atoms with Gasteiger partial charge in [0.25, 0.3) is 0 Å². The number of fused-ring (bicyclic) bond motifs is 1. The van der Waals surface area contributed by atoms with Crippen LogP contribution in [0.15, 0.2) is 52.1 Å². The van der Waals surface area contributed by atoms with E-state index in [0.717, 1.165) is 18.4 Å². The maximum absolute atomic E-state index is 12.7. The Kier molecular flexibility index (Phi) is 3.86.